The third-order valence-corrected chi connectivity index (χ3v) is 3.12. The van der Waals surface area contributed by atoms with Crippen LogP contribution in [0.5, 0.6) is 5.75 Å². The van der Waals surface area contributed by atoms with Crippen molar-refractivity contribution in [1.82, 2.24) is 0 Å². The van der Waals surface area contributed by atoms with E-state index in [0.29, 0.717) is 11.1 Å². The van der Waals surface area contributed by atoms with E-state index in [1.807, 2.05) is 6.92 Å². The first-order valence-corrected chi connectivity index (χ1v) is 6.32. The van der Waals surface area contributed by atoms with E-state index in [0.717, 1.165) is 5.56 Å². The van der Waals surface area contributed by atoms with Gasteiger partial charge in [0.1, 0.15) is 24.0 Å². The van der Waals surface area contributed by atoms with Gasteiger partial charge < -0.3 is 9.84 Å². The van der Waals surface area contributed by atoms with Crippen LogP contribution in [0.2, 0.25) is 0 Å². The van der Waals surface area contributed by atoms with E-state index in [9.17, 15) is 13.9 Å². The molecule has 0 heterocycles. The van der Waals surface area contributed by atoms with Crippen LogP contribution in [0, 0.1) is 18.6 Å². The zero-order valence-electron chi connectivity index (χ0n) is 11.4. The Labute approximate surface area is 116 Å². The Morgan fingerprint density at radius 2 is 1.75 bits per heavy atom. The summed E-state index contributed by atoms with van der Waals surface area (Å²) in [4.78, 5) is 0. The zero-order chi connectivity index (χ0) is 14.7. The maximum Gasteiger partial charge on any atom is 0.128 e. The maximum atomic E-state index is 13.3. The van der Waals surface area contributed by atoms with Gasteiger partial charge in [-0.2, -0.15) is 0 Å². The second kappa shape index (κ2) is 6.01. The highest BCUT2D eigenvalue weighted by atomic mass is 19.1. The van der Waals surface area contributed by atoms with Gasteiger partial charge in [-0.05, 0) is 49.2 Å². The number of aryl methyl sites for hydroxylation is 1. The first kappa shape index (κ1) is 14.5. The van der Waals surface area contributed by atoms with Gasteiger partial charge in [0.2, 0.25) is 0 Å². The molecule has 0 aliphatic carbocycles. The lowest BCUT2D eigenvalue weighted by Crippen LogP contribution is -2.03. The van der Waals surface area contributed by atoms with Crippen molar-refractivity contribution >= 4 is 0 Å². The molecule has 0 bridgehead atoms. The van der Waals surface area contributed by atoms with E-state index in [1.54, 1.807) is 13.0 Å². The SMILES string of the molecule is Cc1ccc(F)cc1COc1cc(F)ccc1C(C)O. The van der Waals surface area contributed by atoms with Crippen molar-refractivity contribution < 1.29 is 18.6 Å². The molecule has 0 aromatic heterocycles. The van der Waals surface area contributed by atoms with Crippen molar-refractivity contribution in [3.63, 3.8) is 0 Å². The first-order valence-electron chi connectivity index (χ1n) is 6.32. The number of hydrogen-bond donors (Lipinski definition) is 1. The molecule has 0 amide bonds. The van der Waals surface area contributed by atoms with Crippen molar-refractivity contribution in [2.75, 3.05) is 0 Å². The Balaban J connectivity index is 2.22. The summed E-state index contributed by atoms with van der Waals surface area (Å²) in [7, 11) is 0. The van der Waals surface area contributed by atoms with Gasteiger partial charge in [-0.25, -0.2) is 8.78 Å². The molecule has 2 aromatic carbocycles. The Bertz CT molecular complexity index is 609. The first-order chi connectivity index (χ1) is 9.47. The number of ether oxygens (including phenoxy) is 1. The highest BCUT2D eigenvalue weighted by Gasteiger charge is 2.11. The van der Waals surface area contributed by atoms with Crippen molar-refractivity contribution in [3.05, 3.63) is 64.7 Å². The number of benzene rings is 2. The second-order valence-corrected chi connectivity index (χ2v) is 4.72. The number of aliphatic hydroxyl groups is 1. The Hall–Kier alpha value is -1.94. The molecule has 1 N–H and O–H groups in total. The van der Waals surface area contributed by atoms with E-state index < -0.39 is 11.9 Å². The molecule has 1 unspecified atom stereocenters. The summed E-state index contributed by atoms with van der Waals surface area (Å²) >= 11 is 0. The molecule has 2 aromatic rings. The minimum atomic E-state index is -0.765. The molecule has 2 nitrogen and oxygen atoms in total. The Kier molecular flexibility index (Phi) is 4.35. The van der Waals surface area contributed by atoms with Crippen LogP contribution in [0.1, 0.15) is 29.7 Å². The molecule has 1 atom stereocenters. The molecule has 0 fully saturated rings. The molecule has 4 heteroatoms. The smallest absolute Gasteiger partial charge is 0.128 e. The van der Waals surface area contributed by atoms with Crippen LogP contribution in [0.4, 0.5) is 8.78 Å². The van der Waals surface area contributed by atoms with Gasteiger partial charge in [-0.15, -0.1) is 0 Å². The van der Waals surface area contributed by atoms with Gasteiger partial charge in [0.15, 0.2) is 0 Å². The normalized spacial score (nSPS) is 12.2. The minimum absolute atomic E-state index is 0.118. The zero-order valence-corrected chi connectivity index (χ0v) is 11.4. The molecule has 20 heavy (non-hydrogen) atoms. The average molecular weight is 278 g/mol. The van der Waals surface area contributed by atoms with Crippen molar-refractivity contribution in [2.24, 2.45) is 0 Å². The van der Waals surface area contributed by atoms with Gasteiger partial charge in [-0.3, -0.25) is 0 Å². The molecule has 0 aliphatic heterocycles. The fourth-order valence-electron chi connectivity index (χ4n) is 1.93. The van der Waals surface area contributed by atoms with Crippen LogP contribution in [0.25, 0.3) is 0 Å². The monoisotopic (exact) mass is 278 g/mol. The average Bonchev–Trinajstić information content (AvgIpc) is 2.39. The standard InChI is InChI=1S/C16H16F2O2/c1-10-3-4-13(17)7-12(10)9-20-16-8-14(18)5-6-15(16)11(2)19/h3-8,11,19H,9H2,1-2H3. The minimum Gasteiger partial charge on any atom is -0.488 e. The van der Waals surface area contributed by atoms with Crippen LogP contribution in [0.3, 0.4) is 0 Å². The van der Waals surface area contributed by atoms with Crippen LogP contribution >= 0.6 is 0 Å². The molecule has 0 spiro atoms. The lowest BCUT2D eigenvalue weighted by molar-refractivity contribution is 0.189. The largest absolute Gasteiger partial charge is 0.488 e. The van der Waals surface area contributed by atoms with Crippen LogP contribution in [-0.4, -0.2) is 5.11 Å². The maximum absolute atomic E-state index is 13.3. The third kappa shape index (κ3) is 3.33. The molecular formula is C16H16F2O2. The molecule has 0 radical (unpaired) electrons. The summed E-state index contributed by atoms with van der Waals surface area (Å²) in [6, 6.07) is 8.39. The molecule has 0 saturated heterocycles. The number of rotatable bonds is 4. The number of halogens is 2. The lowest BCUT2D eigenvalue weighted by atomic mass is 10.1. The molecular weight excluding hydrogens is 262 g/mol. The predicted molar refractivity (Wildman–Crippen MR) is 72.5 cm³/mol. The van der Waals surface area contributed by atoms with Crippen LogP contribution in [-0.2, 0) is 6.61 Å². The van der Waals surface area contributed by atoms with Gasteiger partial charge in [-0.1, -0.05) is 6.07 Å². The predicted octanol–water partition coefficient (Wildman–Crippen LogP) is 3.91. The fraction of sp³-hybridized carbons (Fsp3) is 0.250. The fourth-order valence-corrected chi connectivity index (χ4v) is 1.93. The van der Waals surface area contributed by atoms with E-state index in [1.165, 1.54) is 30.3 Å². The van der Waals surface area contributed by atoms with E-state index in [2.05, 4.69) is 0 Å². The highest BCUT2D eigenvalue weighted by molar-refractivity contribution is 5.36. The summed E-state index contributed by atoms with van der Waals surface area (Å²) in [6.45, 7) is 3.54. The number of aliphatic hydroxyl groups excluding tert-OH is 1. The van der Waals surface area contributed by atoms with Crippen LogP contribution in [0.15, 0.2) is 36.4 Å². The summed E-state index contributed by atoms with van der Waals surface area (Å²) < 4.78 is 32.0. The van der Waals surface area contributed by atoms with E-state index in [4.69, 9.17) is 4.74 Å². The molecule has 106 valence electrons. The topological polar surface area (TPSA) is 29.5 Å². The van der Waals surface area contributed by atoms with Gasteiger partial charge in [0, 0.05) is 11.6 Å². The summed E-state index contributed by atoms with van der Waals surface area (Å²) in [5.74, 6) is -0.520. The van der Waals surface area contributed by atoms with Gasteiger partial charge in [0.25, 0.3) is 0 Å². The van der Waals surface area contributed by atoms with Gasteiger partial charge >= 0.3 is 0 Å². The molecule has 0 saturated carbocycles. The highest BCUT2D eigenvalue weighted by Crippen LogP contribution is 2.27. The van der Waals surface area contributed by atoms with Crippen LogP contribution < -0.4 is 4.74 Å². The summed E-state index contributed by atoms with van der Waals surface area (Å²) in [6.07, 6.45) is -0.765. The van der Waals surface area contributed by atoms with Crippen molar-refractivity contribution in [3.8, 4) is 5.75 Å². The van der Waals surface area contributed by atoms with Gasteiger partial charge in [0.05, 0.1) is 6.10 Å². The lowest BCUT2D eigenvalue weighted by Gasteiger charge is -2.14. The van der Waals surface area contributed by atoms with E-state index >= 15 is 0 Å². The van der Waals surface area contributed by atoms with Crippen molar-refractivity contribution in [2.45, 2.75) is 26.6 Å². The van der Waals surface area contributed by atoms with Crippen molar-refractivity contribution in [1.29, 1.82) is 0 Å². The quantitative estimate of drug-likeness (QED) is 0.919. The second-order valence-electron chi connectivity index (χ2n) is 4.72. The summed E-state index contributed by atoms with van der Waals surface area (Å²) in [5, 5.41) is 9.63. The third-order valence-electron chi connectivity index (χ3n) is 3.12. The Morgan fingerprint density at radius 1 is 1.10 bits per heavy atom. The molecule has 2 rings (SSSR count). The Morgan fingerprint density at radius 3 is 2.45 bits per heavy atom. The van der Waals surface area contributed by atoms with E-state index in [-0.39, 0.29) is 18.2 Å². The summed E-state index contributed by atoms with van der Waals surface area (Å²) in [5.41, 5.74) is 2.08. The number of hydrogen-bond acceptors (Lipinski definition) is 2. The molecule has 0 aliphatic rings.